The molecule has 0 aromatic rings. The number of rotatable bonds is 5. The van der Waals surface area contributed by atoms with E-state index in [-0.39, 0.29) is 34.9 Å². The lowest BCUT2D eigenvalue weighted by atomic mass is 9.44. The minimum absolute atomic E-state index is 0.0200. The molecule has 3 unspecified atom stereocenters. The highest BCUT2D eigenvalue weighted by molar-refractivity contribution is 8.70. The van der Waals surface area contributed by atoms with Gasteiger partial charge in [-0.15, -0.1) is 0 Å². The van der Waals surface area contributed by atoms with Gasteiger partial charge in [0.25, 0.3) is 0 Å². The van der Waals surface area contributed by atoms with Crippen LogP contribution in [0, 0.1) is 52.3 Å². The summed E-state index contributed by atoms with van der Waals surface area (Å²) in [5, 5.41) is 20.1. The summed E-state index contributed by atoms with van der Waals surface area (Å²) in [5.74, 6) is 7.74. The molecule has 4 aliphatic carbocycles. The van der Waals surface area contributed by atoms with Crippen molar-refractivity contribution in [2.75, 3.05) is 12.4 Å². The van der Waals surface area contributed by atoms with Crippen molar-refractivity contribution in [2.45, 2.75) is 83.7 Å². The Hall–Kier alpha value is -0.590. The minimum atomic E-state index is -4.20. The summed E-state index contributed by atoms with van der Waals surface area (Å²) in [5.41, 5.74) is -0.852. The quantitative estimate of drug-likeness (QED) is 0.300. The van der Waals surface area contributed by atoms with Crippen LogP contribution >= 0.6 is 10.8 Å². The normalized spacial score (nSPS) is 44.7. The lowest BCUT2D eigenvalue weighted by molar-refractivity contribution is -0.144. The van der Waals surface area contributed by atoms with Crippen LogP contribution in [0.5, 0.6) is 0 Å². The molecular weight excluding hydrogens is 460 g/mol. The largest absolute Gasteiger partial charge is 0.395 e. The zero-order chi connectivity index (χ0) is 24.1. The Morgan fingerprint density at radius 2 is 1.76 bits per heavy atom. The molecule has 186 valence electrons. The summed E-state index contributed by atoms with van der Waals surface area (Å²) in [6, 6.07) is 0. The van der Waals surface area contributed by atoms with Crippen LogP contribution in [0.3, 0.4) is 0 Å². The number of Topliss-reactive ketones (excluding diaryl/α,β-unsaturated/α-hetero) is 1. The van der Waals surface area contributed by atoms with E-state index < -0.39 is 14.8 Å². The molecule has 0 heterocycles. The van der Waals surface area contributed by atoms with E-state index >= 15 is 0 Å². The maximum Gasteiger partial charge on any atom is 0.320 e. The van der Waals surface area contributed by atoms with Gasteiger partial charge < -0.3 is 10.2 Å². The molecule has 0 bridgehead atoms. The van der Waals surface area contributed by atoms with Crippen molar-refractivity contribution >= 4 is 25.7 Å². The van der Waals surface area contributed by atoms with E-state index in [1.807, 2.05) is 0 Å². The van der Waals surface area contributed by atoms with E-state index in [1.54, 1.807) is 0 Å². The molecule has 33 heavy (non-hydrogen) atoms. The number of hydrogen-bond acceptors (Lipinski definition) is 6. The second-order valence-corrected chi connectivity index (χ2v) is 14.8. The number of fused-ring (bicyclic) bond motifs is 5. The summed E-state index contributed by atoms with van der Waals surface area (Å²) >= 11 is 0. The third-order valence-corrected chi connectivity index (χ3v) is 12.0. The van der Waals surface area contributed by atoms with Gasteiger partial charge in [-0.3, -0.25) is 9.35 Å². The molecule has 8 atom stereocenters. The van der Waals surface area contributed by atoms with Gasteiger partial charge in [0, 0.05) is 23.1 Å². The number of carbonyl (C=O) groups is 1. The number of ketones is 1. The Morgan fingerprint density at radius 1 is 1.03 bits per heavy atom. The van der Waals surface area contributed by atoms with Crippen LogP contribution in [0.4, 0.5) is 0 Å². The standard InChI is InChI=1S/C25H38O6S2/c1-23-12-13-25(28,10-3-4-14-26)15-17(23)5-6-18-19-7-8-21(22(27)16-32-33(29,30)31)24(19,2)11-9-20(18)23/h17-21,26,28H,4-9,11-16H2,1-2H3,(H,29,30,31)/t17-,18?,19?,20?,21-,23+,24+,25-/m1/s1. The van der Waals surface area contributed by atoms with Crippen molar-refractivity contribution in [3.8, 4) is 11.8 Å². The van der Waals surface area contributed by atoms with Crippen molar-refractivity contribution in [1.82, 2.24) is 0 Å². The van der Waals surface area contributed by atoms with E-state index in [4.69, 9.17) is 9.66 Å². The topological polar surface area (TPSA) is 112 Å². The molecule has 0 aliphatic heterocycles. The van der Waals surface area contributed by atoms with E-state index in [1.165, 1.54) is 0 Å². The number of carbonyl (C=O) groups excluding carboxylic acids is 1. The SMILES string of the molecule is C[C@]12CCC3C(CC[C@@H]4C[C@@](O)(C#CCCO)CC[C@]34C)C1CC[C@@H]2C(=O)CSS(=O)(=O)O. The van der Waals surface area contributed by atoms with Crippen LogP contribution in [-0.4, -0.2) is 46.9 Å². The molecule has 8 heteroatoms. The second-order valence-electron chi connectivity index (χ2n) is 11.5. The fraction of sp³-hybridized carbons (Fsp3) is 0.880. The Kier molecular flexibility index (Phi) is 7.05. The van der Waals surface area contributed by atoms with Crippen LogP contribution in [0.1, 0.15) is 78.1 Å². The van der Waals surface area contributed by atoms with Gasteiger partial charge in [0.05, 0.1) is 12.4 Å². The highest BCUT2D eigenvalue weighted by atomic mass is 33.1. The molecule has 0 amide bonds. The van der Waals surface area contributed by atoms with E-state index in [0.29, 0.717) is 53.7 Å². The van der Waals surface area contributed by atoms with Crippen LogP contribution < -0.4 is 0 Å². The Morgan fingerprint density at radius 3 is 2.45 bits per heavy atom. The second kappa shape index (κ2) is 9.13. The minimum Gasteiger partial charge on any atom is -0.395 e. The molecule has 6 nitrogen and oxygen atoms in total. The van der Waals surface area contributed by atoms with E-state index in [0.717, 1.165) is 44.9 Å². The molecule has 4 saturated carbocycles. The third-order valence-electron chi connectivity index (χ3n) is 10.0. The Balaban J connectivity index is 1.48. The zero-order valence-electron chi connectivity index (χ0n) is 19.8. The third kappa shape index (κ3) is 4.78. The number of aliphatic hydroxyl groups excluding tert-OH is 1. The molecule has 0 aromatic heterocycles. The molecular formula is C25H38O6S2. The maximum atomic E-state index is 12.9. The predicted octanol–water partition coefficient (Wildman–Crippen LogP) is 3.87. The van der Waals surface area contributed by atoms with Gasteiger partial charge in [-0.2, -0.15) is 8.42 Å². The van der Waals surface area contributed by atoms with Gasteiger partial charge in [0.2, 0.25) is 0 Å². The molecule has 4 aliphatic rings. The lowest BCUT2D eigenvalue weighted by Gasteiger charge is -2.61. The fourth-order valence-electron chi connectivity index (χ4n) is 8.40. The van der Waals surface area contributed by atoms with Gasteiger partial charge in [-0.25, -0.2) is 0 Å². The van der Waals surface area contributed by atoms with Crippen molar-refractivity contribution in [3.63, 3.8) is 0 Å². The van der Waals surface area contributed by atoms with Crippen molar-refractivity contribution in [1.29, 1.82) is 0 Å². The van der Waals surface area contributed by atoms with Crippen molar-refractivity contribution < 1.29 is 28.0 Å². The van der Waals surface area contributed by atoms with Crippen LogP contribution in [0.2, 0.25) is 0 Å². The highest BCUT2D eigenvalue weighted by Crippen LogP contribution is 2.68. The summed E-state index contributed by atoms with van der Waals surface area (Å²) in [6.07, 6.45) is 8.83. The van der Waals surface area contributed by atoms with E-state index in [9.17, 15) is 18.3 Å². The highest BCUT2D eigenvalue weighted by Gasteiger charge is 2.62. The molecule has 0 spiro atoms. The maximum absolute atomic E-state index is 12.9. The van der Waals surface area contributed by atoms with Crippen molar-refractivity contribution in [3.05, 3.63) is 0 Å². The number of hydrogen-bond donors (Lipinski definition) is 3. The van der Waals surface area contributed by atoms with Gasteiger partial charge in [-0.05, 0) is 92.3 Å². The summed E-state index contributed by atoms with van der Waals surface area (Å²) in [6.45, 7) is 4.68. The van der Waals surface area contributed by atoms with Gasteiger partial charge in [-0.1, -0.05) is 25.7 Å². The Labute approximate surface area is 201 Å². The lowest BCUT2D eigenvalue weighted by Crippen LogP contribution is -2.56. The smallest absolute Gasteiger partial charge is 0.320 e. The first-order valence-electron chi connectivity index (χ1n) is 12.4. The van der Waals surface area contributed by atoms with Crippen LogP contribution in [-0.2, 0) is 13.9 Å². The van der Waals surface area contributed by atoms with Gasteiger partial charge in [0.15, 0.2) is 0 Å². The first-order valence-corrected chi connectivity index (χ1v) is 15.3. The molecule has 0 aromatic carbocycles. The average Bonchev–Trinajstić information content (AvgIpc) is 3.10. The first-order chi connectivity index (χ1) is 15.4. The molecule has 0 saturated heterocycles. The van der Waals surface area contributed by atoms with Crippen LogP contribution in [0.15, 0.2) is 0 Å². The molecule has 3 N–H and O–H groups in total. The fourth-order valence-corrected chi connectivity index (χ4v) is 9.67. The summed E-state index contributed by atoms with van der Waals surface area (Å²) in [4.78, 5) is 12.9. The van der Waals surface area contributed by atoms with Crippen LogP contribution in [0.25, 0.3) is 0 Å². The van der Waals surface area contributed by atoms with Gasteiger partial charge >= 0.3 is 9.15 Å². The molecule has 0 radical (unpaired) electrons. The molecule has 4 fully saturated rings. The summed E-state index contributed by atoms with van der Waals surface area (Å²) < 4.78 is 31.3. The first kappa shape index (κ1) is 25.5. The van der Waals surface area contributed by atoms with E-state index in [2.05, 4.69) is 25.7 Å². The molecule has 4 rings (SSSR count). The average molecular weight is 499 g/mol. The number of aliphatic hydroxyl groups is 2. The van der Waals surface area contributed by atoms with Crippen molar-refractivity contribution in [2.24, 2.45) is 40.4 Å². The monoisotopic (exact) mass is 498 g/mol. The zero-order valence-corrected chi connectivity index (χ0v) is 21.4. The Bertz CT molecular complexity index is 938. The predicted molar refractivity (Wildman–Crippen MR) is 129 cm³/mol. The summed E-state index contributed by atoms with van der Waals surface area (Å²) in [7, 11) is -3.86. The van der Waals surface area contributed by atoms with Gasteiger partial charge in [0.1, 0.15) is 11.4 Å².